The molecule has 2 heterocycles. The van der Waals surface area contributed by atoms with Gasteiger partial charge in [-0.1, -0.05) is 11.6 Å². The molecule has 0 atom stereocenters. The van der Waals surface area contributed by atoms with Crippen molar-refractivity contribution in [2.24, 2.45) is 0 Å². The van der Waals surface area contributed by atoms with Crippen molar-refractivity contribution < 1.29 is 4.79 Å². The first kappa shape index (κ1) is 15.8. The number of likely N-dealkylation sites (tertiary alicyclic amines) is 1. The highest BCUT2D eigenvalue weighted by molar-refractivity contribution is 6.30. The Morgan fingerprint density at radius 2 is 1.87 bits per heavy atom. The van der Waals surface area contributed by atoms with Crippen molar-refractivity contribution >= 4 is 17.6 Å². The average molecular weight is 334 g/mol. The summed E-state index contributed by atoms with van der Waals surface area (Å²) in [5.41, 5.74) is 0.952. The Morgan fingerprint density at radius 3 is 2.48 bits per heavy atom. The molecular weight excluding hydrogens is 314 g/mol. The molecule has 1 aromatic carbocycles. The van der Waals surface area contributed by atoms with Gasteiger partial charge in [0.15, 0.2) is 0 Å². The third-order valence-corrected chi connectivity index (χ3v) is 4.41. The standard InChI is InChI=1S/C16H20ClN5O/c1-20(2)16(23)21-9-7-12(8-10-21)15-18-11-19-22(15)14-5-3-13(17)4-6-14/h3-6,11-12H,7-10H2,1-2H3. The van der Waals surface area contributed by atoms with E-state index in [-0.39, 0.29) is 6.03 Å². The maximum Gasteiger partial charge on any atom is 0.319 e. The predicted molar refractivity (Wildman–Crippen MR) is 89.0 cm³/mol. The number of hydrogen-bond acceptors (Lipinski definition) is 3. The van der Waals surface area contributed by atoms with E-state index < -0.39 is 0 Å². The third kappa shape index (κ3) is 3.32. The molecule has 7 heteroatoms. The monoisotopic (exact) mass is 333 g/mol. The van der Waals surface area contributed by atoms with Crippen molar-refractivity contribution in [1.29, 1.82) is 0 Å². The minimum Gasteiger partial charge on any atom is -0.331 e. The van der Waals surface area contributed by atoms with Gasteiger partial charge in [-0.15, -0.1) is 0 Å². The number of urea groups is 1. The van der Waals surface area contributed by atoms with Gasteiger partial charge >= 0.3 is 6.03 Å². The lowest BCUT2D eigenvalue weighted by Gasteiger charge is -2.33. The number of aromatic nitrogens is 3. The van der Waals surface area contributed by atoms with Gasteiger partial charge in [0.05, 0.1) is 5.69 Å². The number of nitrogens with zero attached hydrogens (tertiary/aromatic N) is 5. The molecule has 6 nitrogen and oxygen atoms in total. The number of hydrogen-bond donors (Lipinski definition) is 0. The second-order valence-corrected chi connectivity index (χ2v) is 6.38. The normalized spacial score (nSPS) is 15.7. The second kappa shape index (κ2) is 6.58. The zero-order chi connectivity index (χ0) is 16.4. The van der Waals surface area contributed by atoms with Crippen LogP contribution in [0.25, 0.3) is 5.69 Å². The fraction of sp³-hybridized carbons (Fsp3) is 0.438. The van der Waals surface area contributed by atoms with Crippen LogP contribution in [0.1, 0.15) is 24.6 Å². The van der Waals surface area contributed by atoms with Crippen LogP contribution in [0.2, 0.25) is 5.02 Å². The summed E-state index contributed by atoms with van der Waals surface area (Å²) in [4.78, 5) is 20.0. The zero-order valence-electron chi connectivity index (χ0n) is 13.3. The fourth-order valence-electron chi connectivity index (χ4n) is 2.92. The van der Waals surface area contributed by atoms with Crippen LogP contribution in [0.4, 0.5) is 4.79 Å². The predicted octanol–water partition coefficient (Wildman–Crippen LogP) is 2.78. The summed E-state index contributed by atoms with van der Waals surface area (Å²) in [7, 11) is 3.57. The lowest BCUT2D eigenvalue weighted by Crippen LogP contribution is -2.43. The van der Waals surface area contributed by atoms with Gasteiger partial charge < -0.3 is 9.80 Å². The van der Waals surface area contributed by atoms with E-state index in [0.717, 1.165) is 37.4 Å². The number of carbonyl (C=O) groups is 1. The summed E-state index contributed by atoms with van der Waals surface area (Å²) in [5.74, 6) is 1.25. The average Bonchev–Trinajstić information content (AvgIpc) is 3.04. The molecule has 0 bridgehead atoms. The van der Waals surface area contributed by atoms with Crippen LogP contribution in [0.5, 0.6) is 0 Å². The highest BCUT2D eigenvalue weighted by Crippen LogP contribution is 2.28. The highest BCUT2D eigenvalue weighted by Gasteiger charge is 2.27. The first-order valence-electron chi connectivity index (χ1n) is 7.68. The van der Waals surface area contributed by atoms with Crippen molar-refractivity contribution in [3.63, 3.8) is 0 Å². The molecule has 0 aliphatic carbocycles. The van der Waals surface area contributed by atoms with Crippen LogP contribution >= 0.6 is 11.6 Å². The molecule has 1 saturated heterocycles. The Kier molecular flexibility index (Phi) is 4.52. The van der Waals surface area contributed by atoms with Gasteiger partial charge in [-0.3, -0.25) is 0 Å². The lowest BCUT2D eigenvalue weighted by atomic mass is 9.96. The minimum atomic E-state index is 0.0719. The maximum absolute atomic E-state index is 12.0. The molecule has 2 aromatic rings. The molecule has 122 valence electrons. The lowest BCUT2D eigenvalue weighted by molar-refractivity contribution is 0.155. The van der Waals surface area contributed by atoms with Gasteiger partial charge in [0.2, 0.25) is 0 Å². The largest absolute Gasteiger partial charge is 0.331 e. The molecule has 0 N–H and O–H groups in total. The number of amides is 2. The molecule has 0 unspecified atom stereocenters. The topological polar surface area (TPSA) is 54.3 Å². The fourth-order valence-corrected chi connectivity index (χ4v) is 3.05. The first-order chi connectivity index (χ1) is 11.1. The molecule has 1 aliphatic heterocycles. The highest BCUT2D eigenvalue weighted by atomic mass is 35.5. The molecule has 1 fully saturated rings. The van der Waals surface area contributed by atoms with Crippen LogP contribution < -0.4 is 0 Å². The van der Waals surface area contributed by atoms with Crippen molar-refractivity contribution in [3.05, 3.63) is 41.4 Å². The van der Waals surface area contributed by atoms with Gasteiger partial charge in [0.1, 0.15) is 12.2 Å². The third-order valence-electron chi connectivity index (χ3n) is 4.16. The Bertz CT molecular complexity index is 674. The van der Waals surface area contributed by atoms with Crippen LogP contribution in [-0.4, -0.2) is 57.8 Å². The summed E-state index contributed by atoms with van der Waals surface area (Å²) < 4.78 is 1.87. The summed E-state index contributed by atoms with van der Waals surface area (Å²) in [6.07, 6.45) is 3.37. The van der Waals surface area contributed by atoms with Crippen LogP contribution in [-0.2, 0) is 0 Å². The Hall–Kier alpha value is -2.08. The molecule has 2 amide bonds. The van der Waals surface area contributed by atoms with E-state index >= 15 is 0 Å². The second-order valence-electron chi connectivity index (χ2n) is 5.94. The summed E-state index contributed by atoms with van der Waals surface area (Å²) in [6.45, 7) is 1.49. The number of halogens is 1. The SMILES string of the molecule is CN(C)C(=O)N1CCC(c2ncnn2-c2ccc(Cl)cc2)CC1. The van der Waals surface area contributed by atoms with Crippen molar-refractivity contribution in [1.82, 2.24) is 24.6 Å². The smallest absolute Gasteiger partial charge is 0.319 e. The number of piperidine rings is 1. The number of carbonyl (C=O) groups excluding carboxylic acids is 1. The minimum absolute atomic E-state index is 0.0719. The Labute approximate surface area is 140 Å². The Balaban J connectivity index is 1.74. The summed E-state index contributed by atoms with van der Waals surface area (Å²) in [6, 6.07) is 7.64. The molecule has 0 saturated carbocycles. The summed E-state index contributed by atoms with van der Waals surface area (Å²) >= 11 is 5.95. The first-order valence-corrected chi connectivity index (χ1v) is 8.06. The van der Waals surface area contributed by atoms with E-state index in [1.165, 1.54) is 0 Å². The molecular formula is C16H20ClN5O. The van der Waals surface area contributed by atoms with Gasteiger partial charge in [0.25, 0.3) is 0 Å². The van der Waals surface area contributed by atoms with E-state index in [0.29, 0.717) is 10.9 Å². The van der Waals surface area contributed by atoms with Gasteiger partial charge in [-0.05, 0) is 37.1 Å². The molecule has 1 aliphatic rings. The van der Waals surface area contributed by atoms with Crippen molar-refractivity contribution in [3.8, 4) is 5.69 Å². The molecule has 0 spiro atoms. The number of benzene rings is 1. The van der Waals surface area contributed by atoms with E-state index in [1.807, 2.05) is 33.8 Å². The van der Waals surface area contributed by atoms with Crippen LogP contribution in [0, 0.1) is 0 Å². The molecule has 1 aromatic heterocycles. The van der Waals surface area contributed by atoms with E-state index in [2.05, 4.69) is 10.1 Å². The van der Waals surface area contributed by atoms with Gasteiger partial charge in [-0.2, -0.15) is 5.10 Å². The van der Waals surface area contributed by atoms with Crippen LogP contribution in [0.3, 0.4) is 0 Å². The zero-order valence-corrected chi connectivity index (χ0v) is 14.1. The van der Waals surface area contributed by atoms with Gasteiger partial charge in [-0.25, -0.2) is 14.5 Å². The van der Waals surface area contributed by atoms with E-state index in [1.54, 1.807) is 25.3 Å². The molecule has 23 heavy (non-hydrogen) atoms. The summed E-state index contributed by atoms with van der Waals surface area (Å²) in [5, 5.41) is 5.05. The van der Waals surface area contributed by atoms with Gasteiger partial charge in [0, 0.05) is 38.1 Å². The Morgan fingerprint density at radius 1 is 1.22 bits per heavy atom. The van der Waals surface area contributed by atoms with Crippen molar-refractivity contribution in [2.75, 3.05) is 27.2 Å². The van der Waals surface area contributed by atoms with E-state index in [9.17, 15) is 4.79 Å². The maximum atomic E-state index is 12.0. The van der Waals surface area contributed by atoms with E-state index in [4.69, 9.17) is 11.6 Å². The van der Waals surface area contributed by atoms with Crippen LogP contribution in [0.15, 0.2) is 30.6 Å². The molecule has 3 rings (SSSR count). The molecule has 0 radical (unpaired) electrons. The van der Waals surface area contributed by atoms with Crippen molar-refractivity contribution in [2.45, 2.75) is 18.8 Å². The number of rotatable bonds is 2. The quantitative estimate of drug-likeness (QED) is 0.849.